The van der Waals surface area contributed by atoms with Crippen LogP contribution in [0.15, 0.2) is 47.3 Å². The fourth-order valence-electron chi connectivity index (χ4n) is 2.59. The number of non-ortho nitro benzene ring substituents is 1. The third-order valence-electron chi connectivity index (χ3n) is 3.74. The lowest BCUT2D eigenvalue weighted by molar-refractivity contribution is -0.384. The van der Waals surface area contributed by atoms with Gasteiger partial charge in [-0.05, 0) is 6.07 Å². The number of carbonyl (C=O) groups is 1. The number of carbonyl (C=O) groups excluding carboxylic acids is 1. The summed E-state index contributed by atoms with van der Waals surface area (Å²) in [6.45, 7) is 0. The largest absolute Gasteiger partial charge is 0.355 e. The zero-order valence-electron chi connectivity index (χ0n) is 13.0. The van der Waals surface area contributed by atoms with Crippen molar-refractivity contribution in [3.63, 3.8) is 0 Å². The minimum Gasteiger partial charge on any atom is -0.355 e. The Balaban J connectivity index is 2.39. The highest BCUT2D eigenvalue weighted by Crippen LogP contribution is 2.39. The number of rotatable bonds is 3. The second-order valence-electron chi connectivity index (χ2n) is 5.10. The molecule has 8 heteroatoms. The fourth-order valence-corrected chi connectivity index (χ4v) is 4.81. The molecule has 0 saturated heterocycles. The van der Waals surface area contributed by atoms with Gasteiger partial charge in [-0.1, -0.05) is 12.1 Å². The van der Waals surface area contributed by atoms with Gasteiger partial charge in [-0.15, -0.1) is 3.96 Å². The molecule has 0 fully saturated rings. The van der Waals surface area contributed by atoms with E-state index in [2.05, 4.69) is 5.32 Å². The summed E-state index contributed by atoms with van der Waals surface area (Å²) in [5.74, 6) is -0.425. The molecule has 3 aromatic rings. The lowest BCUT2D eigenvalue weighted by Crippen LogP contribution is -2.19. The molecular formula is C16H14N3O4S+. The molecule has 24 heavy (non-hydrogen) atoms. The third-order valence-corrected chi connectivity index (χ3v) is 6.00. The summed E-state index contributed by atoms with van der Waals surface area (Å²) in [6.07, 6.45) is 0. The monoisotopic (exact) mass is 344 g/mol. The number of fused-ring (bicyclic) bond motifs is 1. The van der Waals surface area contributed by atoms with Crippen molar-refractivity contribution in [3.8, 4) is 4.90 Å². The van der Waals surface area contributed by atoms with E-state index in [-0.39, 0.29) is 16.8 Å². The smallest absolute Gasteiger partial charge is 0.304 e. The molecule has 0 aliphatic carbocycles. The van der Waals surface area contributed by atoms with Gasteiger partial charge in [0.05, 0.1) is 12.0 Å². The quantitative estimate of drug-likeness (QED) is 0.449. The normalized spacial score (nSPS) is 11.5. The predicted molar refractivity (Wildman–Crippen MR) is 93.0 cm³/mol. The van der Waals surface area contributed by atoms with E-state index in [0.29, 0.717) is 10.3 Å². The van der Waals surface area contributed by atoms with Crippen LogP contribution in [0.3, 0.4) is 0 Å². The summed E-state index contributed by atoms with van der Waals surface area (Å²) in [6, 6.07) is 11.4. The van der Waals surface area contributed by atoms with E-state index in [0.717, 1.165) is 4.70 Å². The second-order valence-corrected chi connectivity index (χ2v) is 7.10. The van der Waals surface area contributed by atoms with Crippen LogP contribution in [0.1, 0.15) is 10.4 Å². The molecule has 3 rings (SSSR count). The van der Waals surface area contributed by atoms with Crippen molar-refractivity contribution in [2.45, 2.75) is 0 Å². The maximum atomic E-state index is 12.4. The summed E-state index contributed by atoms with van der Waals surface area (Å²) >= 11 is 0. The van der Waals surface area contributed by atoms with Crippen molar-refractivity contribution >= 4 is 32.3 Å². The van der Waals surface area contributed by atoms with Gasteiger partial charge in [-0.2, -0.15) is 0 Å². The summed E-state index contributed by atoms with van der Waals surface area (Å²) in [4.78, 5) is 35.7. The van der Waals surface area contributed by atoms with Crippen molar-refractivity contribution in [2.24, 2.45) is 7.05 Å². The van der Waals surface area contributed by atoms with Gasteiger partial charge in [0.25, 0.3) is 11.6 Å². The van der Waals surface area contributed by atoms with Crippen molar-refractivity contribution in [2.75, 3.05) is 7.05 Å². The van der Waals surface area contributed by atoms with Crippen LogP contribution < -0.4 is 10.9 Å². The Kier molecular flexibility index (Phi) is 3.90. The van der Waals surface area contributed by atoms with E-state index >= 15 is 0 Å². The van der Waals surface area contributed by atoms with E-state index < -0.39 is 21.5 Å². The molecule has 122 valence electrons. The number of aromatic nitrogens is 1. The van der Waals surface area contributed by atoms with E-state index in [1.165, 1.54) is 19.2 Å². The lowest BCUT2D eigenvalue weighted by atomic mass is 10.2. The van der Waals surface area contributed by atoms with Gasteiger partial charge >= 0.3 is 5.56 Å². The van der Waals surface area contributed by atoms with E-state index in [4.69, 9.17) is 0 Å². The summed E-state index contributed by atoms with van der Waals surface area (Å²) in [5.41, 5.74) is -0.0936. The highest BCUT2D eigenvalue weighted by Gasteiger charge is 2.30. The first-order valence-electron chi connectivity index (χ1n) is 7.07. The van der Waals surface area contributed by atoms with Crippen LogP contribution in [0.5, 0.6) is 0 Å². The molecule has 0 saturated carbocycles. The maximum absolute atomic E-state index is 12.4. The van der Waals surface area contributed by atoms with Crippen LogP contribution >= 0.6 is 10.7 Å². The predicted octanol–water partition coefficient (Wildman–Crippen LogP) is 2.54. The van der Waals surface area contributed by atoms with Gasteiger partial charge in [-0.3, -0.25) is 19.7 Å². The number of amides is 1. The van der Waals surface area contributed by atoms with Crippen LogP contribution in [0.2, 0.25) is 0 Å². The Labute approximate surface area is 139 Å². The fraction of sp³-hybridized carbons (Fsp3) is 0.125. The number of hydrogen-bond donors (Lipinski definition) is 1. The molecular weight excluding hydrogens is 330 g/mol. The average Bonchev–Trinajstić information content (AvgIpc) is 2.85. The first-order valence-corrected chi connectivity index (χ1v) is 8.26. The topological polar surface area (TPSA) is 94.2 Å². The molecule has 1 N–H and O–H groups in total. The van der Waals surface area contributed by atoms with Gasteiger partial charge in [0.15, 0.2) is 0 Å². The van der Waals surface area contributed by atoms with E-state index in [1.807, 2.05) is 12.1 Å². The first-order chi connectivity index (χ1) is 11.5. The molecule has 2 aromatic carbocycles. The maximum Gasteiger partial charge on any atom is 0.304 e. The van der Waals surface area contributed by atoms with Crippen LogP contribution in [-0.2, 0) is 7.05 Å². The Morgan fingerprint density at radius 2 is 1.96 bits per heavy atom. The molecule has 7 nitrogen and oxygen atoms in total. The van der Waals surface area contributed by atoms with Crippen molar-refractivity contribution in [1.29, 1.82) is 0 Å². The first kappa shape index (κ1) is 15.9. The number of nitro benzene ring substituents is 1. The third kappa shape index (κ3) is 2.37. The molecule has 0 aliphatic rings. The highest BCUT2D eigenvalue weighted by atomic mass is 32.2. The summed E-state index contributed by atoms with van der Waals surface area (Å²) in [5, 5.41) is 14.1. The molecule has 0 bridgehead atoms. The van der Waals surface area contributed by atoms with Crippen molar-refractivity contribution in [3.05, 3.63) is 68.5 Å². The minimum absolute atomic E-state index is 0.129. The van der Waals surface area contributed by atoms with Crippen LogP contribution in [0, 0.1) is 10.1 Å². The number of hydrogen-bond acceptors (Lipinski definition) is 4. The Morgan fingerprint density at radius 3 is 2.62 bits per heavy atom. The molecule has 1 amide bonds. The lowest BCUT2D eigenvalue weighted by Gasteiger charge is -2.03. The summed E-state index contributed by atoms with van der Waals surface area (Å²) in [7, 11) is 2.34. The van der Waals surface area contributed by atoms with Crippen LogP contribution in [0.4, 0.5) is 5.69 Å². The molecule has 1 atom stereocenters. The Bertz CT molecular complexity index is 1040. The number of nitrogens with one attached hydrogen (secondary N) is 1. The van der Waals surface area contributed by atoms with Gasteiger partial charge < -0.3 is 5.32 Å². The minimum atomic E-state index is -0.795. The number of benzene rings is 2. The van der Waals surface area contributed by atoms with Crippen LogP contribution in [0.25, 0.3) is 15.0 Å². The highest BCUT2D eigenvalue weighted by molar-refractivity contribution is 7.41. The van der Waals surface area contributed by atoms with Gasteiger partial charge in [0.2, 0.25) is 9.60 Å². The molecule has 0 spiro atoms. The van der Waals surface area contributed by atoms with E-state index in [9.17, 15) is 19.7 Å². The average molecular weight is 344 g/mol. The zero-order chi connectivity index (χ0) is 17.4. The Hall–Kier alpha value is -3.00. The van der Waals surface area contributed by atoms with Crippen molar-refractivity contribution < 1.29 is 9.72 Å². The van der Waals surface area contributed by atoms with Gasteiger partial charge in [0.1, 0.15) is 21.6 Å². The number of nitro groups is 1. The SMILES string of the molecule is CNC(=O)c1cc([N+](=O)[O-])ccc1-[s+]1c2ccccc2c(=O)n1C. The van der Waals surface area contributed by atoms with Crippen LogP contribution in [-0.4, -0.2) is 21.8 Å². The second kappa shape index (κ2) is 5.89. The molecule has 0 radical (unpaired) electrons. The molecule has 1 unspecified atom stereocenters. The standard InChI is InChI=1S/C16H13N3O4S/c1-17-15(20)12-9-10(19(22)23)7-8-14(12)24-13-6-4-3-5-11(13)16(21)18(24)2/h3-9H,1-2H3/p+1. The van der Waals surface area contributed by atoms with Gasteiger partial charge in [-0.25, -0.2) is 0 Å². The van der Waals surface area contributed by atoms with Crippen molar-refractivity contribution in [1.82, 2.24) is 9.27 Å². The molecule has 1 heterocycles. The zero-order valence-corrected chi connectivity index (χ0v) is 13.8. The summed E-state index contributed by atoms with van der Waals surface area (Å²) < 4.78 is 2.38. The Morgan fingerprint density at radius 1 is 1.25 bits per heavy atom. The molecule has 1 aromatic heterocycles. The van der Waals surface area contributed by atoms with E-state index in [1.54, 1.807) is 29.2 Å². The number of nitrogens with zero attached hydrogens (tertiary/aromatic N) is 2. The molecule has 0 aliphatic heterocycles. The van der Waals surface area contributed by atoms with Gasteiger partial charge in [0, 0.05) is 31.3 Å².